The predicted molar refractivity (Wildman–Crippen MR) is 42.8 cm³/mol. The lowest BCUT2D eigenvalue weighted by molar-refractivity contribution is 1.44. The number of hydrogen-bond donors (Lipinski definition) is 0. The Bertz CT molecular complexity index is 198. The molecule has 0 bridgehead atoms. The van der Waals surface area contributed by atoms with Crippen LogP contribution < -0.4 is 5.19 Å². The second kappa shape index (κ2) is 3.04. The summed E-state index contributed by atoms with van der Waals surface area (Å²) in [4.78, 5) is 0. The first-order valence-corrected chi connectivity index (χ1v) is 3.85. The van der Waals surface area contributed by atoms with Crippen LogP contribution in [0.25, 0.3) is 0 Å². The predicted octanol–water partition coefficient (Wildman–Crippen LogP) is 0.952. The molecule has 2 radical (unpaired) electrons. The lowest BCUT2D eigenvalue weighted by atomic mass is 10.2. The average Bonchev–Trinajstić information content (AvgIpc) is 1.89. The van der Waals surface area contributed by atoms with Gasteiger partial charge in [-0.15, -0.1) is 11.6 Å². The van der Waals surface area contributed by atoms with Crippen molar-refractivity contribution in [3.05, 3.63) is 29.8 Å². The fraction of sp³-hybridized carbons (Fsp3) is 0.143. The third-order valence-corrected chi connectivity index (χ3v) is 2.05. The van der Waals surface area contributed by atoms with Crippen molar-refractivity contribution in [1.29, 1.82) is 0 Å². The van der Waals surface area contributed by atoms with E-state index in [1.165, 1.54) is 10.8 Å². The van der Waals surface area contributed by atoms with Crippen LogP contribution >= 0.6 is 11.6 Å². The van der Waals surface area contributed by atoms with E-state index in [4.69, 9.17) is 11.6 Å². The zero-order chi connectivity index (χ0) is 6.69. The summed E-state index contributed by atoms with van der Waals surface area (Å²) in [6.45, 7) is 0. The van der Waals surface area contributed by atoms with Crippen LogP contribution in [-0.4, -0.2) is 10.2 Å². The number of rotatable bonds is 1. The molecule has 0 spiro atoms. The fourth-order valence-corrected chi connectivity index (χ4v) is 1.34. The number of benzene rings is 1. The molecule has 0 saturated carbocycles. The molecule has 0 N–H and O–H groups in total. The van der Waals surface area contributed by atoms with Crippen molar-refractivity contribution in [3.8, 4) is 0 Å². The van der Waals surface area contributed by atoms with Crippen LogP contribution in [-0.2, 0) is 5.88 Å². The van der Waals surface area contributed by atoms with Gasteiger partial charge in [-0.25, -0.2) is 0 Å². The molecular weight excluding hydrogens is 148 g/mol. The molecule has 2 heteroatoms. The number of alkyl halides is 1. The number of halogens is 1. The summed E-state index contributed by atoms with van der Waals surface area (Å²) >= 11 is 5.62. The molecule has 0 atom stereocenters. The zero-order valence-electron chi connectivity index (χ0n) is 4.97. The molecule has 0 saturated heterocycles. The summed E-state index contributed by atoms with van der Waals surface area (Å²) in [5.74, 6) is 0.597. The highest BCUT2D eigenvalue weighted by molar-refractivity contribution is 6.34. The highest BCUT2D eigenvalue weighted by Gasteiger charge is 1.90. The van der Waals surface area contributed by atoms with Crippen LogP contribution in [0.3, 0.4) is 0 Å². The first-order chi connectivity index (χ1) is 4.34. The fourth-order valence-electron chi connectivity index (χ4n) is 0.656. The van der Waals surface area contributed by atoms with Crippen LogP contribution in [0.15, 0.2) is 24.3 Å². The SMILES string of the molecule is [SiH]c1ccccc1CCl. The summed E-state index contributed by atoms with van der Waals surface area (Å²) in [6.07, 6.45) is 0. The Labute approximate surface area is 63.3 Å². The van der Waals surface area contributed by atoms with E-state index >= 15 is 0 Å². The van der Waals surface area contributed by atoms with Gasteiger partial charge in [0.15, 0.2) is 0 Å². The highest BCUT2D eigenvalue weighted by atomic mass is 35.5. The van der Waals surface area contributed by atoms with Gasteiger partial charge in [0.2, 0.25) is 0 Å². The van der Waals surface area contributed by atoms with Crippen molar-refractivity contribution >= 4 is 27.0 Å². The Hall–Kier alpha value is -0.273. The van der Waals surface area contributed by atoms with Gasteiger partial charge in [0, 0.05) is 5.88 Å². The molecule has 9 heavy (non-hydrogen) atoms. The lowest BCUT2D eigenvalue weighted by Crippen LogP contribution is -2.06. The monoisotopic (exact) mass is 154 g/mol. The van der Waals surface area contributed by atoms with Gasteiger partial charge in [0.05, 0.1) is 10.2 Å². The Balaban J connectivity index is 3.01. The Morgan fingerprint density at radius 1 is 1.33 bits per heavy atom. The number of hydrogen-bond acceptors (Lipinski definition) is 0. The highest BCUT2D eigenvalue weighted by Crippen LogP contribution is 1.97. The zero-order valence-corrected chi connectivity index (χ0v) is 6.88. The molecular formula is C7H7ClSi. The molecule has 0 nitrogen and oxygen atoms in total. The van der Waals surface area contributed by atoms with Gasteiger partial charge < -0.3 is 0 Å². The van der Waals surface area contributed by atoms with Gasteiger partial charge in [0.1, 0.15) is 0 Å². The molecule has 1 aromatic rings. The van der Waals surface area contributed by atoms with Crippen molar-refractivity contribution in [2.75, 3.05) is 0 Å². The normalized spacial score (nSPS) is 9.56. The van der Waals surface area contributed by atoms with Crippen molar-refractivity contribution < 1.29 is 0 Å². The minimum Gasteiger partial charge on any atom is -0.122 e. The first-order valence-electron chi connectivity index (χ1n) is 2.74. The quantitative estimate of drug-likeness (QED) is 0.418. The van der Waals surface area contributed by atoms with Gasteiger partial charge in [-0.2, -0.15) is 0 Å². The third-order valence-electron chi connectivity index (χ3n) is 1.20. The van der Waals surface area contributed by atoms with Gasteiger partial charge >= 0.3 is 0 Å². The van der Waals surface area contributed by atoms with Crippen LogP contribution in [0.1, 0.15) is 5.56 Å². The van der Waals surface area contributed by atoms with E-state index in [1.54, 1.807) is 0 Å². The molecule has 0 aliphatic rings. The average molecular weight is 155 g/mol. The van der Waals surface area contributed by atoms with E-state index in [0.717, 1.165) is 0 Å². The maximum atomic E-state index is 5.62. The van der Waals surface area contributed by atoms with Crippen LogP contribution in [0, 0.1) is 0 Å². The molecule has 0 aliphatic carbocycles. The van der Waals surface area contributed by atoms with Crippen LogP contribution in [0.5, 0.6) is 0 Å². The van der Waals surface area contributed by atoms with Crippen molar-refractivity contribution in [3.63, 3.8) is 0 Å². The Morgan fingerprint density at radius 3 is 2.44 bits per heavy atom. The van der Waals surface area contributed by atoms with E-state index in [1.807, 2.05) is 24.3 Å². The van der Waals surface area contributed by atoms with Crippen molar-refractivity contribution in [1.82, 2.24) is 0 Å². The summed E-state index contributed by atoms with van der Waals surface area (Å²) in [7, 11) is 2.65. The van der Waals surface area contributed by atoms with E-state index in [9.17, 15) is 0 Å². The van der Waals surface area contributed by atoms with Crippen molar-refractivity contribution in [2.45, 2.75) is 5.88 Å². The van der Waals surface area contributed by atoms with Crippen molar-refractivity contribution in [2.24, 2.45) is 0 Å². The Morgan fingerprint density at radius 2 is 2.00 bits per heavy atom. The smallest absolute Gasteiger partial charge is 0.0589 e. The molecule has 1 rings (SSSR count). The molecule has 0 unspecified atom stereocenters. The van der Waals surface area contributed by atoms with E-state index in [-0.39, 0.29) is 0 Å². The van der Waals surface area contributed by atoms with E-state index in [2.05, 4.69) is 10.2 Å². The third kappa shape index (κ3) is 1.56. The standard InChI is InChI=1S/C7H7ClSi/c8-5-6-3-1-2-4-7(6)9/h1-4,9H,5H2. The lowest BCUT2D eigenvalue weighted by Gasteiger charge is -1.97. The topological polar surface area (TPSA) is 0 Å². The largest absolute Gasteiger partial charge is 0.122 e. The second-order valence-corrected chi connectivity index (χ2v) is 2.72. The summed E-state index contributed by atoms with van der Waals surface area (Å²) < 4.78 is 0. The maximum Gasteiger partial charge on any atom is 0.0589 e. The molecule has 46 valence electrons. The molecule has 1 aromatic carbocycles. The van der Waals surface area contributed by atoms with Gasteiger partial charge in [-0.05, 0) is 5.56 Å². The van der Waals surface area contributed by atoms with Gasteiger partial charge in [-0.1, -0.05) is 29.5 Å². The minimum atomic E-state index is 0.597. The van der Waals surface area contributed by atoms with E-state index < -0.39 is 0 Å². The van der Waals surface area contributed by atoms with Gasteiger partial charge in [-0.3, -0.25) is 0 Å². The van der Waals surface area contributed by atoms with Gasteiger partial charge in [0.25, 0.3) is 0 Å². The second-order valence-electron chi connectivity index (χ2n) is 1.83. The summed E-state index contributed by atoms with van der Waals surface area (Å²) in [5.41, 5.74) is 1.18. The summed E-state index contributed by atoms with van der Waals surface area (Å²) in [6, 6.07) is 8.04. The molecule has 0 heterocycles. The molecule has 0 aromatic heterocycles. The molecule has 0 fully saturated rings. The minimum absolute atomic E-state index is 0.597. The van der Waals surface area contributed by atoms with Crippen LogP contribution in [0.4, 0.5) is 0 Å². The summed E-state index contributed by atoms with van der Waals surface area (Å²) in [5, 5.41) is 1.19. The maximum absolute atomic E-state index is 5.62. The molecule has 0 amide bonds. The van der Waals surface area contributed by atoms with Crippen LogP contribution in [0.2, 0.25) is 0 Å². The molecule has 0 aliphatic heterocycles. The first kappa shape index (κ1) is 6.84. The Kier molecular flexibility index (Phi) is 2.31. The van der Waals surface area contributed by atoms with E-state index in [0.29, 0.717) is 5.88 Å².